The van der Waals surface area contributed by atoms with E-state index >= 15 is 0 Å². The molecule has 0 fully saturated rings. The van der Waals surface area contributed by atoms with E-state index in [1.54, 1.807) is 24.0 Å². The highest BCUT2D eigenvalue weighted by Gasteiger charge is 2.28. The number of aliphatic carboxylic acids is 1. The lowest BCUT2D eigenvalue weighted by molar-refractivity contribution is -0.137. The molecule has 2 aromatic rings. The summed E-state index contributed by atoms with van der Waals surface area (Å²) < 4.78 is 27.9. The number of hydrogen-bond donors (Lipinski definition) is 4. The van der Waals surface area contributed by atoms with Crippen LogP contribution in [0.1, 0.15) is 85.6 Å². The Hall–Kier alpha value is -3.86. The molecule has 0 aliphatic carbocycles. The molecular weight excluding hydrogens is 560 g/mol. The molecule has 3 unspecified atom stereocenters. The average Bonchev–Trinajstić information content (AvgIpc) is 2.96. The van der Waals surface area contributed by atoms with Crippen LogP contribution in [0.4, 0.5) is 8.78 Å². The van der Waals surface area contributed by atoms with E-state index in [0.29, 0.717) is 25.1 Å². The molecule has 0 spiro atoms. The van der Waals surface area contributed by atoms with Gasteiger partial charge in [0.05, 0.1) is 12.1 Å². The number of nitrogens with zero attached hydrogens (tertiary/aromatic N) is 1. The third kappa shape index (κ3) is 11.7. The standard InChI is InChI=1S/C32H43F2N3O6/c1-4-13-37(14-5-2)32(43)24-10-7-9-23(18-24)31(42)36-27(17-21-15-25(33)20-26(34)16-21)28(38)19-22(6-3)30(41)35-12-8-11-29(39)40/h7,9-10,15-16,18,20,22,27-28,38H,4-6,8,11-14,17,19H2,1-3H3,(H,35,41)(H,36,42)(H,39,40). The van der Waals surface area contributed by atoms with Gasteiger partial charge in [0.1, 0.15) is 11.6 Å². The summed E-state index contributed by atoms with van der Waals surface area (Å²) in [6.07, 6.45) is 0.604. The van der Waals surface area contributed by atoms with Crippen molar-refractivity contribution in [3.8, 4) is 0 Å². The molecule has 43 heavy (non-hydrogen) atoms. The Morgan fingerprint density at radius 1 is 0.930 bits per heavy atom. The average molecular weight is 604 g/mol. The molecule has 3 atom stereocenters. The number of halogens is 2. The number of hydrogen-bond acceptors (Lipinski definition) is 5. The molecule has 0 saturated carbocycles. The SMILES string of the molecule is CCCN(CCC)C(=O)c1cccc(C(=O)NC(Cc2cc(F)cc(F)c2)C(O)CC(CC)C(=O)NCCCC(=O)O)c1. The van der Waals surface area contributed by atoms with Gasteiger partial charge in [-0.1, -0.05) is 26.8 Å². The Labute approximate surface area is 251 Å². The lowest BCUT2D eigenvalue weighted by atomic mass is 9.91. The molecule has 9 nitrogen and oxygen atoms in total. The number of rotatable bonds is 18. The fourth-order valence-electron chi connectivity index (χ4n) is 4.86. The Morgan fingerprint density at radius 3 is 2.14 bits per heavy atom. The third-order valence-corrected chi connectivity index (χ3v) is 7.06. The summed E-state index contributed by atoms with van der Waals surface area (Å²) in [4.78, 5) is 51.6. The molecule has 4 N–H and O–H groups in total. The van der Waals surface area contributed by atoms with Crippen LogP contribution in [-0.2, 0) is 16.0 Å². The summed E-state index contributed by atoms with van der Waals surface area (Å²) in [6, 6.07) is 8.12. The Kier molecular flexibility index (Phi) is 14.7. The minimum Gasteiger partial charge on any atom is -0.481 e. The largest absolute Gasteiger partial charge is 0.481 e. The van der Waals surface area contributed by atoms with E-state index in [1.165, 1.54) is 12.1 Å². The summed E-state index contributed by atoms with van der Waals surface area (Å²) in [7, 11) is 0. The maximum Gasteiger partial charge on any atom is 0.303 e. The van der Waals surface area contributed by atoms with Gasteiger partial charge in [-0.05, 0) is 74.4 Å². The number of carbonyl (C=O) groups excluding carboxylic acids is 3. The second-order valence-electron chi connectivity index (χ2n) is 10.6. The molecule has 236 valence electrons. The number of carboxylic acids is 1. The van der Waals surface area contributed by atoms with Crippen LogP contribution >= 0.6 is 0 Å². The van der Waals surface area contributed by atoms with Gasteiger partial charge in [0.25, 0.3) is 11.8 Å². The highest BCUT2D eigenvalue weighted by atomic mass is 19.1. The van der Waals surface area contributed by atoms with Crippen LogP contribution in [0.5, 0.6) is 0 Å². The number of carboxylic acid groups (broad SMARTS) is 1. The van der Waals surface area contributed by atoms with E-state index in [4.69, 9.17) is 5.11 Å². The van der Waals surface area contributed by atoms with Crippen LogP contribution in [0.2, 0.25) is 0 Å². The number of benzene rings is 2. The maximum absolute atomic E-state index is 14.0. The van der Waals surface area contributed by atoms with Crippen molar-refractivity contribution in [1.29, 1.82) is 0 Å². The van der Waals surface area contributed by atoms with Gasteiger partial charge < -0.3 is 25.7 Å². The predicted octanol–water partition coefficient (Wildman–Crippen LogP) is 4.33. The Balaban J connectivity index is 2.26. The van der Waals surface area contributed by atoms with Gasteiger partial charge in [-0.25, -0.2) is 8.78 Å². The summed E-state index contributed by atoms with van der Waals surface area (Å²) in [5.41, 5.74) is 0.709. The number of nitrogens with one attached hydrogen (secondary N) is 2. The molecule has 2 aromatic carbocycles. The Morgan fingerprint density at radius 2 is 1.56 bits per heavy atom. The second-order valence-corrected chi connectivity index (χ2v) is 10.6. The zero-order chi connectivity index (χ0) is 31.9. The molecule has 0 radical (unpaired) electrons. The number of aliphatic hydroxyl groups excluding tert-OH is 1. The number of carbonyl (C=O) groups is 4. The Bertz CT molecular complexity index is 1220. The summed E-state index contributed by atoms with van der Waals surface area (Å²) in [5.74, 6) is -4.42. The van der Waals surface area contributed by atoms with E-state index < -0.39 is 41.6 Å². The fourth-order valence-corrected chi connectivity index (χ4v) is 4.86. The minimum atomic E-state index is -1.28. The first-order chi connectivity index (χ1) is 20.5. The first-order valence-electron chi connectivity index (χ1n) is 14.8. The van der Waals surface area contributed by atoms with Crippen LogP contribution in [0.15, 0.2) is 42.5 Å². The zero-order valence-electron chi connectivity index (χ0n) is 25.1. The fraction of sp³-hybridized carbons (Fsp3) is 0.500. The molecule has 0 aliphatic rings. The van der Waals surface area contributed by atoms with Crippen molar-refractivity contribution in [1.82, 2.24) is 15.5 Å². The van der Waals surface area contributed by atoms with E-state index in [0.717, 1.165) is 31.0 Å². The van der Waals surface area contributed by atoms with Crippen LogP contribution in [-0.4, -0.2) is 70.6 Å². The smallest absolute Gasteiger partial charge is 0.303 e. The van der Waals surface area contributed by atoms with Crippen LogP contribution in [0, 0.1) is 17.6 Å². The highest BCUT2D eigenvalue weighted by Crippen LogP contribution is 2.19. The quantitative estimate of drug-likeness (QED) is 0.187. The topological polar surface area (TPSA) is 136 Å². The summed E-state index contributed by atoms with van der Waals surface area (Å²) >= 11 is 0. The van der Waals surface area contributed by atoms with Crippen LogP contribution < -0.4 is 10.6 Å². The maximum atomic E-state index is 14.0. The van der Waals surface area contributed by atoms with Crippen molar-refractivity contribution < 1.29 is 38.2 Å². The van der Waals surface area contributed by atoms with Crippen molar-refractivity contribution in [3.05, 3.63) is 70.8 Å². The normalized spacial score (nSPS) is 13.1. The van der Waals surface area contributed by atoms with Crippen LogP contribution in [0.3, 0.4) is 0 Å². The summed E-state index contributed by atoms with van der Waals surface area (Å²) in [5, 5.41) is 25.4. The second kappa shape index (κ2) is 17.9. The van der Waals surface area contributed by atoms with Gasteiger partial charge in [-0.15, -0.1) is 0 Å². The molecule has 2 rings (SSSR count). The van der Waals surface area contributed by atoms with Gasteiger partial charge in [0, 0.05) is 49.2 Å². The minimum absolute atomic E-state index is 0.0640. The van der Waals surface area contributed by atoms with Crippen molar-refractivity contribution >= 4 is 23.7 Å². The van der Waals surface area contributed by atoms with Gasteiger partial charge in [0.15, 0.2) is 0 Å². The lowest BCUT2D eigenvalue weighted by Crippen LogP contribution is -2.46. The molecule has 0 heterocycles. The monoisotopic (exact) mass is 603 g/mol. The lowest BCUT2D eigenvalue weighted by Gasteiger charge is -2.27. The molecule has 0 aliphatic heterocycles. The van der Waals surface area contributed by atoms with Gasteiger partial charge >= 0.3 is 5.97 Å². The molecule has 0 aromatic heterocycles. The first-order valence-corrected chi connectivity index (χ1v) is 14.8. The zero-order valence-corrected chi connectivity index (χ0v) is 25.1. The molecule has 11 heteroatoms. The predicted molar refractivity (Wildman–Crippen MR) is 159 cm³/mol. The van der Waals surface area contributed by atoms with Crippen molar-refractivity contribution in [2.24, 2.45) is 5.92 Å². The molecule has 0 saturated heterocycles. The van der Waals surface area contributed by atoms with E-state index in [2.05, 4.69) is 10.6 Å². The number of amides is 3. The molecular formula is C32H43F2N3O6. The van der Waals surface area contributed by atoms with Gasteiger partial charge in [-0.2, -0.15) is 0 Å². The third-order valence-electron chi connectivity index (χ3n) is 7.06. The van der Waals surface area contributed by atoms with Crippen molar-refractivity contribution in [3.63, 3.8) is 0 Å². The van der Waals surface area contributed by atoms with E-state index in [-0.39, 0.29) is 55.2 Å². The number of aliphatic hydroxyl groups is 1. The summed E-state index contributed by atoms with van der Waals surface area (Å²) in [6.45, 7) is 7.01. The van der Waals surface area contributed by atoms with Crippen molar-refractivity contribution in [2.45, 2.75) is 77.9 Å². The van der Waals surface area contributed by atoms with Crippen LogP contribution in [0.25, 0.3) is 0 Å². The van der Waals surface area contributed by atoms with E-state index in [1.807, 2.05) is 13.8 Å². The van der Waals surface area contributed by atoms with Crippen molar-refractivity contribution in [2.75, 3.05) is 19.6 Å². The highest BCUT2D eigenvalue weighted by molar-refractivity contribution is 5.99. The van der Waals surface area contributed by atoms with Gasteiger partial charge in [-0.3, -0.25) is 19.2 Å². The molecule has 0 bridgehead atoms. The first kappa shape index (κ1) is 35.3. The van der Waals surface area contributed by atoms with Gasteiger partial charge in [0.2, 0.25) is 5.91 Å². The molecule has 3 amide bonds. The van der Waals surface area contributed by atoms with E-state index in [9.17, 15) is 33.1 Å².